The number of carbonyl (C=O) groups is 2. The van der Waals surface area contributed by atoms with Crippen molar-refractivity contribution >= 4 is 12.1 Å². The Kier molecular flexibility index (Phi) is 10.5. The van der Waals surface area contributed by atoms with Gasteiger partial charge in [0, 0.05) is 20.6 Å². The monoisotopic (exact) mass is 208 g/mol. The summed E-state index contributed by atoms with van der Waals surface area (Å²) in [7, 11) is 5.13. The van der Waals surface area contributed by atoms with E-state index in [-0.39, 0.29) is 5.97 Å². The lowest BCUT2D eigenvalue weighted by Gasteiger charge is -2.10. The first-order chi connectivity index (χ1) is 6.40. The van der Waals surface area contributed by atoms with Gasteiger partial charge in [0.05, 0.1) is 13.5 Å². The van der Waals surface area contributed by atoms with Gasteiger partial charge in [-0.15, -0.1) is 0 Å². The zero-order valence-electron chi connectivity index (χ0n) is 8.48. The van der Waals surface area contributed by atoms with Crippen molar-refractivity contribution in [1.82, 2.24) is 10.4 Å². The number of carbonyl (C=O) groups excluding carboxylic acids is 1. The van der Waals surface area contributed by atoms with Crippen LogP contribution in [0.25, 0.3) is 0 Å². The number of ether oxygens (including phenoxy) is 1. The van der Waals surface area contributed by atoms with Gasteiger partial charge in [-0.3, -0.25) is 15.2 Å². The van der Waals surface area contributed by atoms with Crippen LogP contribution in [0, 0.1) is 0 Å². The van der Waals surface area contributed by atoms with E-state index in [0.717, 1.165) is 0 Å². The summed E-state index contributed by atoms with van der Waals surface area (Å²) in [6.45, 7) is 0.625. The van der Waals surface area contributed by atoms with Crippen LogP contribution in [0.2, 0.25) is 0 Å². The van der Waals surface area contributed by atoms with Crippen LogP contribution in [0.3, 0.4) is 0 Å². The van der Waals surface area contributed by atoms with Crippen molar-refractivity contribution in [3.05, 3.63) is 0 Å². The lowest BCUT2D eigenvalue weighted by molar-refractivity contribution is -0.140. The lowest BCUT2D eigenvalue weighted by atomic mass is 10.4. The Labute approximate surface area is 82.2 Å². The van der Waals surface area contributed by atoms with Gasteiger partial charge in [0.25, 0.3) is 0 Å². The molecule has 0 aromatic heterocycles. The second-order valence-corrected chi connectivity index (χ2v) is 2.41. The molecule has 84 valence electrons. The number of rotatable bonds is 4. The Morgan fingerprint density at radius 3 is 2.07 bits per heavy atom. The van der Waals surface area contributed by atoms with Crippen LogP contribution in [0.4, 0.5) is 4.79 Å². The Bertz CT molecular complexity index is 167. The van der Waals surface area contributed by atoms with Gasteiger partial charge >= 0.3 is 12.1 Å². The van der Waals surface area contributed by atoms with Crippen molar-refractivity contribution in [2.24, 2.45) is 0 Å². The van der Waals surface area contributed by atoms with Crippen LogP contribution in [0.5, 0.6) is 0 Å². The van der Waals surface area contributed by atoms with Gasteiger partial charge in [-0.1, -0.05) is 0 Å². The van der Waals surface area contributed by atoms with Crippen LogP contribution in [-0.4, -0.2) is 55.1 Å². The molecule has 0 saturated heterocycles. The quantitative estimate of drug-likeness (QED) is 0.436. The molecule has 0 aliphatic rings. The molecular formula is C7H16N2O5. The highest BCUT2D eigenvalue weighted by Gasteiger charge is 1.97. The van der Waals surface area contributed by atoms with E-state index in [1.165, 1.54) is 7.11 Å². The maximum absolute atomic E-state index is 10.5. The molecule has 0 atom stereocenters. The normalized spacial score (nSPS) is 8.86. The van der Waals surface area contributed by atoms with Gasteiger partial charge < -0.3 is 14.9 Å². The Morgan fingerprint density at radius 2 is 1.79 bits per heavy atom. The van der Waals surface area contributed by atoms with E-state index in [1.807, 2.05) is 14.1 Å². The van der Waals surface area contributed by atoms with Gasteiger partial charge in [0.15, 0.2) is 0 Å². The van der Waals surface area contributed by atoms with E-state index in [9.17, 15) is 4.79 Å². The molecule has 0 aromatic carbocycles. The first-order valence-corrected chi connectivity index (χ1v) is 3.79. The molecule has 0 amide bonds. The maximum Gasteiger partial charge on any atom is 0.503 e. The molecule has 0 spiro atoms. The van der Waals surface area contributed by atoms with E-state index in [1.54, 1.807) is 5.01 Å². The Morgan fingerprint density at radius 1 is 1.36 bits per heavy atom. The molecule has 0 fully saturated rings. The number of hydrogen-bond donors (Lipinski definition) is 3. The van der Waals surface area contributed by atoms with Gasteiger partial charge in [-0.05, 0) is 0 Å². The van der Waals surface area contributed by atoms with Gasteiger partial charge in [-0.2, -0.15) is 0 Å². The summed E-state index contributed by atoms with van der Waals surface area (Å²) < 4.78 is 4.43. The fourth-order valence-electron chi connectivity index (χ4n) is 0.484. The van der Waals surface area contributed by atoms with Crippen molar-refractivity contribution in [1.29, 1.82) is 0 Å². The lowest BCUT2D eigenvalue weighted by Crippen LogP contribution is -2.32. The molecule has 0 heterocycles. The number of carboxylic acid groups (broad SMARTS) is 2. The zero-order chi connectivity index (χ0) is 11.6. The third-order valence-corrected chi connectivity index (χ3v) is 0.985. The molecule has 0 unspecified atom stereocenters. The molecule has 7 heteroatoms. The molecule has 0 aliphatic carbocycles. The van der Waals surface area contributed by atoms with Gasteiger partial charge in [-0.25, -0.2) is 4.79 Å². The van der Waals surface area contributed by atoms with Crippen molar-refractivity contribution in [3.8, 4) is 0 Å². The molecule has 0 aliphatic heterocycles. The van der Waals surface area contributed by atoms with Gasteiger partial charge in [0.2, 0.25) is 0 Å². The van der Waals surface area contributed by atoms with Crippen molar-refractivity contribution in [3.63, 3.8) is 0 Å². The van der Waals surface area contributed by atoms with Crippen molar-refractivity contribution < 1.29 is 24.5 Å². The zero-order valence-corrected chi connectivity index (χ0v) is 8.48. The van der Waals surface area contributed by atoms with Crippen LogP contribution in [-0.2, 0) is 9.53 Å². The minimum absolute atomic E-state index is 0.186. The summed E-state index contributed by atoms with van der Waals surface area (Å²) >= 11 is 0. The van der Waals surface area contributed by atoms with Crippen LogP contribution >= 0.6 is 0 Å². The Hall–Kier alpha value is -1.34. The summed E-state index contributed by atoms with van der Waals surface area (Å²) in [4.78, 5) is 19.1. The number of hydrazine groups is 1. The number of methoxy groups -OCH3 is 1. The number of hydrogen-bond acceptors (Lipinski definition) is 5. The third kappa shape index (κ3) is 22.4. The molecule has 7 nitrogen and oxygen atoms in total. The van der Waals surface area contributed by atoms with E-state index >= 15 is 0 Å². The maximum atomic E-state index is 10.5. The summed E-state index contributed by atoms with van der Waals surface area (Å²) in [5, 5.41) is 15.7. The highest BCUT2D eigenvalue weighted by molar-refractivity contribution is 5.69. The second kappa shape index (κ2) is 9.75. The van der Waals surface area contributed by atoms with Gasteiger partial charge in [0.1, 0.15) is 0 Å². The first-order valence-electron chi connectivity index (χ1n) is 3.79. The van der Waals surface area contributed by atoms with E-state index in [4.69, 9.17) is 15.0 Å². The van der Waals surface area contributed by atoms with E-state index in [2.05, 4.69) is 10.2 Å². The molecule has 3 N–H and O–H groups in total. The summed E-state index contributed by atoms with van der Waals surface area (Å²) in [5.74, 6) is -0.186. The second-order valence-electron chi connectivity index (χ2n) is 2.41. The van der Waals surface area contributed by atoms with E-state index < -0.39 is 6.16 Å². The average molecular weight is 208 g/mol. The van der Waals surface area contributed by atoms with Crippen molar-refractivity contribution in [2.45, 2.75) is 6.42 Å². The number of esters is 1. The fraction of sp³-hybridized carbons (Fsp3) is 0.714. The minimum atomic E-state index is -1.83. The molecule has 14 heavy (non-hydrogen) atoms. The predicted octanol–water partition coefficient (Wildman–Crippen LogP) is -0.162. The molecule has 0 bridgehead atoms. The average Bonchev–Trinajstić information content (AvgIpc) is 2.02. The highest BCUT2D eigenvalue weighted by atomic mass is 16.6. The molecule has 0 radical (unpaired) electrons. The van der Waals surface area contributed by atoms with Crippen LogP contribution < -0.4 is 5.43 Å². The van der Waals surface area contributed by atoms with E-state index in [0.29, 0.717) is 13.0 Å². The predicted molar refractivity (Wildman–Crippen MR) is 49.0 cm³/mol. The fourth-order valence-corrected chi connectivity index (χ4v) is 0.484. The molecule has 0 saturated carbocycles. The molecular weight excluding hydrogens is 192 g/mol. The third-order valence-electron chi connectivity index (χ3n) is 0.985. The first kappa shape index (κ1) is 15.1. The topological polar surface area (TPSA) is 99.1 Å². The van der Waals surface area contributed by atoms with Crippen molar-refractivity contribution in [2.75, 3.05) is 27.7 Å². The molecule has 0 rings (SSSR count). The summed E-state index contributed by atoms with van der Waals surface area (Å²) in [6, 6.07) is 0. The summed E-state index contributed by atoms with van der Waals surface area (Å²) in [6.07, 6.45) is -1.42. The number of nitrogens with one attached hydrogen (secondary N) is 1. The highest BCUT2D eigenvalue weighted by Crippen LogP contribution is 1.80. The SMILES string of the molecule is COC(=O)CCNN(C)C.O=C(O)O. The standard InChI is InChI=1S/C6H14N2O2.CH2O3/c1-8(2)7-5-4-6(9)10-3;2-1(3)4/h7H,4-5H2,1-3H3;(H2,2,3,4). The molecule has 0 aromatic rings. The smallest absolute Gasteiger partial charge is 0.469 e. The largest absolute Gasteiger partial charge is 0.503 e. The van der Waals surface area contributed by atoms with Crippen LogP contribution in [0.15, 0.2) is 0 Å². The number of nitrogens with zero attached hydrogens (tertiary/aromatic N) is 1. The minimum Gasteiger partial charge on any atom is -0.469 e. The van der Waals surface area contributed by atoms with Crippen LogP contribution in [0.1, 0.15) is 6.42 Å². The summed E-state index contributed by atoms with van der Waals surface area (Å²) in [5.41, 5.74) is 2.94. The Balaban J connectivity index is 0.